The number of methoxy groups -OCH3 is 2. The fraction of sp³-hybridized carbons (Fsp3) is 0.391. The number of fused-ring (bicyclic) bond motifs is 1. The van der Waals surface area contributed by atoms with E-state index in [0.717, 1.165) is 24.0 Å². The second-order valence-electron chi connectivity index (χ2n) is 7.67. The van der Waals surface area contributed by atoms with Gasteiger partial charge < -0.3 is 30.0 Å². The van der Waals surface area contributed by atoms with Crippen LogP contribution in [0.1, 0.15) is 12.8 Å². The van der Waals surface area contributed by atoms with Gasteiger partial charge in [-0.2, -0.15) is 0 Å². The zero-order chi connectivity index (χ0) is 23.4. The molecule has 1 aromatic carbocycles. The van der Waals surface area contributed by atoms with Crippen LogP contribution in [0.2, 0.25) is 10.0 Å². The summed E-state index contributed by atoms with van der Waals surface area (Å²) in [4.78, 5) is 8.97. The van der Waals surface area contributed by atoms with Gasteiger partial charge in [0, 0.05) is 41.8 Å². The number of hydrogen-bond acceptors (Lipinski definition) is 8. The fourth-order valence-electron chi connectivity index (χ4n) is 3.53. The predicted molar refractivity (Wildman–Crippen MR) is 131 cm³/mol. The Kier molecular flexibility index (Phi) is 7.60. The molecule has 0 bridgehead atoms. The molecule has 2 saturated heterocycles. The van der Waals surface area contributed by atoms with Crippen LogP contribution in [0.15, 0.2) is 24.4 Å². The van der Waals surface area contributed by atoms with Crippen LogP contribution in [0.3, 0.4) is 0 Å². The van der Waals surface area contributed by atoms with Crippen LogP contribution in [-0.4, -0.2) is 56.7 Å². The molecule has 10 heteroatoms. The number of nitrogen functional groups attached to an aromatic ring is 1. The van der Waals surface area contributed by atoms with Crippen LogP contribution in [0.4, 0.5) is 11.6 Å². The second kappa shape index (κ2) is 10.6. The lowest BCUT2D eigenvalue weighted by molar-refractivity contribution is 0.0210. The normalized spacial score (nSPS) is 15.5. The average molecular weight is 493 g/mol. The molecule has 0 radical (unpaired) electrons. The summed E-state index contributed by atoms with van der Waals surface area (Å²) in [7, 11) is 3.06. The number of hydrogen-bond donors (Lipinski definition) is 2. The highest BCUT2D eigenvalue weighted by molar-refractivity contribution is 6.41. The van der Waals surface area contributed by atoms with Crippen molar-refractivity contribution in [3.8, 4) is 22.8 Å². The van der Waals surface area contributed by atoms with E-state index >= 15 is 0 Å². The number of halogens is 2. The summed E-state index contributed by atoms with van der Waals surface area (Å²) in [6.45, 7) is 3.23. The average Bonchev–Trinajstić information content (AvgIpc) is 3.37. The number of nitrogens with two attached hydrogens (primary N) is 1. The molecule has 33 heavy (non-hydrogen) atoms. The van der Waals surface area contributed by atoms with E-state index < -0.39 is 0 Å². The first-order valence-corrected chi connectivity index (χ1v) is 11.4. The molecule has 4 heterocycles. The Morgan fingerprint density at radius 3 is 2.18 bits per heavy atom. The van der Waals surface area contributed by atoms with E-state index in [0.29, 0.717) is 57.7 Å². The van der Waals surface area contributed by atoms with E-state index in [-0.39, 0.29) is 6.04 Å². The van der Waals surface area contributed by atoms with Crippen molar-refractivity contribution in [3.05, 3.63) is 34.4 Å². The summed E-state index contributed by atoms with van der Waals surface area (Å²) in [5.41, 5.74) is 6.96. The van der Waals surface area contributed by atoms with Gasteiger partial charge in [0.25, 0.3) is 0 Å². The van der Waals surface area contributed by atoms with E-state index in [2.05, 4.69) is 10.3 Å². The molecule has 176 valence electrons. The maximum Gasteiger partial charge on any atom is 0.141 e. The Hall–Kier alpha value is -2.52. The molecular weight excluding hydrogens is 467 g/mol. The molecule has 3 aromatic rings. The van der Waals surface area contributed by atoms with Gasteiger partial charge in [0.05, 0.1) is 49.2 Å². The van der Waals surface area contributed by atoms with Crippen LogP contribution in [0.5, 0.6) is 11.5 Å². The molecule has 0 unspecified atom stereocenters. The van der Waals surface area contributed by atoms with Crippen molar-refractivity contribution in [2.24, 2.45) is 0 Å². The number of pyridine rings is 2. The van der Waals surface area contributed by atoms with E-state index in [1.54, 1.807) is 18.3 Å². The van der Waals surface area contributed by atoms with Gasteiger partial charge in [-0.3, -0.25) is 0 Å². The lowest BCUT2D eigenvalue weighted by Crippen LogP contribution is -2.40. The SMILES string of the molecule is C1CCOC1.COc1cc(OC)c(Cl)c(-c2cc3cnc(N)cc3c(NC3COC3)n2)c1Cl. The van der Waals surface area contributed by atoms with Gasteiger partial charge in [0.15, 0.2) is 0 Å². The third-order valence-corrected chi connectivity index (χ3v) is 6.12. The Labute approximate surface area is 202 Å². The molecule has 0 saturated carbocycles. The van der Waals surface area contributed by atoms with Crippen molar-refractivity contribution < 1.29 is 18.9 Å². The molecule has 0 amide bonds. The smallest absolute Gasteiger partial charge is 0.141 e. The van der Waals surface area contributed by atoms with Crippen molar-refractivity contribution in [3.63, 3.8) is 0 Å². The highest BCUT2D eigenvalue weighted by atomic mass is 35.5. The highest BCUT2D eigenvalue weighted by Crippen LogP contribution is 2.46. The van der Waals surface area contributed by atoms with Crippen molar-refractivity contribution in [1.82, 2.24) is 9.97 Å². The lowest BCUT2D eigenvalue weighted by Gasteiger charge is -2.28. The van der Waals surface area contributed by atoms with Gasteiger partial charge >= 0.3 is 0 Å². The molecule has 2 aliphatic rings. The van der Waals surface area contributed by atoms with Crippen molar-refractivity contribution in [2.45, 2.75) is 18.9 Å². The van der Waals surface area contributed by atoms with Gasteiger partial charge in [-0.1, -0.05) is 23.2 Å². The second-order valence-corrected chi connectivity index (χ2v) is 8.42. The molecule has 0 atom stereocenters. The van der Waals surface area contributed by atoms with Gasteiger partial charge in [-0.25, -0.2) is 9.97 Å². The summed E-state index contributed by atoms with van der Waals surface area (Å²) in [6, 6.07) is 5.45. The van der Waals surface area contributed by atoms with E-state index in [1.165, 1.54) is 27.1 Å². The first kappa shape index (κ1) is 23.6. The molecule has 5 rings (SSSR count). The number of nitrogens with zero attached hydrogens (tertiary/aromatic N) is 2. The quantitative estimate of drug-likeness (QED) is 0.523. The minimum atomic E-state index is 0.172. The molecular formula is C23H26Cl2N4O4. The summed E-state index contributed by atoms with van der Waals surface area (Å²) in [5.74, 6) is 1.95. The summed E-state index contributed by atoms with van der Waals surface area (Å²) >= 11 is 13.1. The number of anilines is 2. The monoisotopic (exact) mass is 492 g/mol. The number of rotatable bonds is 5. The van der Waals surface area contributed by atoms with Crippen LogP contribution < -0.4 is 20.5 Å². The third-order valence-electron chi connectivity index (χ3n) is 5.37. The number of aromatic nitrogens is 2. The highest BCUT2D eigenvalue weighted by Gasteiger charge is 2.23. The van der Waals surface area contributed by atoms with Gasteiger partial charge in [0.2, 0.25) is 0 Å². The maximum atomic E-state index is 6.57. The molecule has 8 nitrogen and oxygen atoms in total. The molecule has 2 fully saturated rings. The predicted octanol–water partition coefficient (Wildman–Crippen LogP) is 4.81. The summed E-state index contributed by atoms with van der Waals surface area (Å²) in [6.07, 6.45) is 4.25. The minimum Gasteiger partial charge on any atom is -0.495 e. The third kappa shape index (κ3) is 5.19. The van der Waals surface area contributed by atoms with Crippen LogP contribution >= 0.6 is 23.2 Å². The minimum absolute atomic E-state index is 0.172. The zero-order valence-electron chi connectivity index (χ0n) is 18.5. The number of nitrogens with one attached hydrogen (secondary N) is 1. The van der Waals surface area contributed by atoms with E-state index in [9.17, 15) is 0 Å². The van der Waals surface area contributed by atoms with Crippen LogP contribution in [-0.2, 0) is 9.47 Å². The standard InChI is InChI=1S/C19H18Cl2N4O3.C4H8O/c1-26-13-5-14(27-2)18(21)16(17(13)20)12-3-9-6-23-15(22)4-11(9)19(25-12)24-10-7-28-8-10;1-2-4-5-3-1/h3-6,10H,7-8H2,1-2H3,(H2,22,23)(H,24,25);1-4H2. The lowest BCUT2D eigenvalue weighted by atomic mass is 10.1. The van der Waals surface area contributed by atoms with E-state index in [1.807, 2.05) is 6.07 Å². The number of benzene rings is 1. The Bertz CT molecular complexity index is 1100. The molecule has 2 aromatic heterocycles. The van der Waals surface area contributed by atoms with Crippen molar-refractivity contribution in [1.29, 1.82) is 0 Å². The first-order chi connectivity index (χ1) is 16.0. The molecule has 0 aliphatic carbocycles. The molecule has 3 N–H and O–H groups in total. The molecule has 2 aliphatic heterocycles. The van der Waals surface area contributed by atoms with Crippen molar-refractivity contribution >= 4 is 45.6 Å². The summed E-state index contributed by atoms with van der Waals surface area (Å²) in [5, 5.41) is 5.78. The first-order valence-electron chi connectivity index (χ1n) is 10.6. The topological polar surface area (TPSA) is 101 Å². The number of ether oxygens (including phenoxy) is 4. The zero-order valence-corrected chi connectivity index (χ0v) is 20.0. The largest absolute Gasteiger partial charge is 0.495 e. The van der Waals surface area contributed by atoms with Gasteiger partial charge in [-0.15, -0.1) is 0 Å². The van der Waals surface area contributed by atoms with Gasteiger partial charge in [-0.05, 0) is 25.0 Å². The van der Waals surface area contributed by atoms with Crippen molar-refractivity contribution in [2.75, 3.05) is 51.7 Å². The van der Waals surface area contributed by atoms with Gasteiger partial charge in [0.1, 0.15) is 23.1 Å². The van der Waals surface area contributed by atoms with E-state index in [4.69, 9.17) is 52.9 Å². The Balaban J connectivity index is 0.000000459. The maximum absolute atomic E-state index is 6.57. The molecule has 0 spiro atoms. The summed E-state index contributed by atoms with van der Waals surface area (Å²) < 4.78 is 20.9. The fourth-order valence-corrected chi connectivity index (χ4v) is 4.23. The van der Waals surface area contributed by atoms with Crippen LogP contribution in [0.25, 0.3) is 22.0 Å². The Morgan fingerprint density at radius 2 is 1.67 bits per heavy atom. The van der Waals surface area contributed by atoms with Crippen LogP contribution in [0, 0.1) is 0 Å². The Morgan fingerprint density at radius 1 is 1.00 bits per heavy atom.